The Kier molecular flexibility index (Phi) is 5.57. The highest BCUT2D eigenvalue weighted by Crippen LogP contribution is 2.22. The van der Waals surface area contributed by atoms with Gasteiger partial charge < -0.3 is 9.80 Å². The van der Waals surface area contributed by atoms with Gasteiger partial charge in [-0.05, 0) is 38.7 Å². The van der Waals surface area contributed by atoms with E-state index < -0.39 is 0 Å². The zero-order valence-electron chi connectivity index (χ0n) is 16.4. The van der Waals surface area contributed by atoms with Gasteiger partial charge in [-0.3, -0.25) is 19.0 Å². The van der Waals surface area contributed by atoms with Crippen LogP contribution in [0, 0.1) is 6.92 Å². The number of nitrogens with zero attached hydrogens (tertiary/aromatic N) is 7. The molecular formula is C18H27N7O2. The SMILES string of the molecule is Cc1cc(C(=O)N2CCCCC2CCn2cc(C(=O)N(C)C)nn2)nn1C. The van der Waals surface area contributed by atoms with E-state index in [0.717, 1.165) is 37.9 Å². The van der Waals surface area contributed by atoms with Crippen LogP contribution < -0.4 is 0 Å². The van der Waals surface area contributed by atoms with E-state index >= 15 is 0 Å². The molecule has 0 bridgehead atoms. The van der Waals surface area contributed by atoms with E-state index in [1.807, 2.05) is 24.9 Å². The highest BCUT2D eigenvalue weighted by atomic mass is 16.2. The molecule has 9 nitrogen and oxygen atoms in total. The van der Waals surface area contributed by atoms with Crippen LogP contribution in [0.25, 0.3) is 0 Å². The molecule has 27 heavy (non-hydrogen) atoms. The minimum absolute atomic E-state index is 0.00883. The third-order valence-electron chi connectivity index (χ3n) is 5.08. The summed E-state index contributed by atoms with van der Waals surface area (Å²) in [6.07, 6.45) is 5.53. The lowest BCUT2D eigenvalue weighted by atomic mass is 9.99. The fourth-order valence-electron chi connectivity index (χ4n) is 3.40. The van der Waals surface area contributed by atoms with Crippen LogP contribution in [0.2, 0.25) is 0 Å². The van der Waals surface area contributed by atoms with Crippen molar-refractivity contribution in [2.75, 3.05) is 20.6 Å². The second-order valence-electron chi connectivity index (χ2n) is 7.30. The van der Waals surface area contributed by atoms with Crippen LogP contribution in [-0.4, -0.2) is 73.1 Å². The lowest BCUT2D eigenvalue weighted by Crippen LogP contribution is -2.44. The molecule has 0 saturated carbocycles. The summed E-state index contributed by atoms with van der Waals surface area (Å²) >= 11 is 0. The molecule has 1 aliphatic rings. The van der Waals surface area contributed by atoms with Gasteiger partial charge in [-0.15, -0.1) is 5.10 Å². The van der Waals surface area contributed by atoms with Crippen molar-refractivity contribution in [3.63, 3.8) is 0 Å². The molecule has 146 valence electrons. The van der Waals surface area contributed by atoms with E-state index in [2.05, 4.69) is 15.4 Å². The molecule has 0 radical (unpaired) electrons. The van der Waals surface area contributed by atoms with Gasteiger partial charge in [-0.25, -0.2) is 0 Å². The minimum atomic E-state index is -0.166. The van der Waals surface area contributed by atoms with Gasteiger partial charge >= 0.3 is 0 Å². The fraction of sp³-hybridized carbons (Fsp3) is 0.611. The van der Waals surface area contributed by atoms with Crippen molar-refractivity contribution in [2.45, 2.75) is 45.2 Å². The van der Waals surface area contributed by atoms with Crippen molar-refractivity contribution in [1.29, 1.82) is 0 Å². The van der Waals surface area contributed by atoms with Crippen LogP contribution in [0.15, 0.2) is 12.3 Å². The van der Waals surface area contributed by atoms with Crippen LogP contribution in [0.1, 0.15) is 52.4 Å². The van der Waals surface area contributed by atoms with E-state index in [-0.39, 0.29) is 17.9 Å². The highest BCUT2D eigenvalue weighted by molar-refractivity contribution is 5.92. The molecular weight excluding hydrogens is 346 g/mol. The number of carbonyl (C=O) groups excluding carboxylic acids is 2. The average molecular weight is 373 g/mol. The van der Waals surface area contributed by atoms with Gasteiger partial charge in [0.2, 0.25) is 0 Å². The maximum absolute atomic E-state index is 12.9. The number of aromatic nitrogens is 5. The highest BCUT2D eigenvalue weighted by Gasteiger charge is 2.29. The monoisotopic (exact) mass is 373 g/mol. The Labute approximate surface area is 158 Å². The van der Waals surface area contributed by atoms with Crippen molar-refractivity contribution >= 4 is 11.8 Å². The zero-order chi connectivity index (χ0) is 19.6. The summed E-state index contributed by atoms with van der Waals surface area (Å²) in [6.45, 7) is 3.30. The van der Waals surface area contributed by atoms with Crippen LogP contribution in [0.5, 0.6) is 0 Å². The predicted molar refractivity (Wildman–Crippen MR) is 99.3 cm³/mol. The number of hydrogen-bond donors (Lipinski definition) is 0. The number of hydrogen-bond acceptors (Lipinski definition) is 5. The third kappa shape index (κ3) is 4.17. The predicted octanol–water partition coefficient (Wildman–Crippen LogP) is 1.11. The first-order valence-electron chi connectivity index (χ1n) is 9.30. The van der Waals surface area contributed by atoms with Crippen molar-refractivity contribution in [1.82, 2.24) is 34.6 Å². The van der Waals surface area contributed by atoms with E-state index in [4.69, 9.17) is 0 Å². The molecule has 0 aromatic carbocycles. The summed E-state index contributed by atoms with van der Waals surface area (Å²) in [5, 5.41) is 12.3. The van der Waals surface area contributed by atoms with Gasteiger partial charge in [-0.2, -0.15) is 5.10 Å². The zero-order valence-corrected chi connectivity index (χ0v) is 16.4. The maximum atomic E-state index is 12.9. The number of aryl methyl sites for hydroxylation is 3. The summed E-state index contributed by atoms with van der Waals surface area (Å²) in [5.41, 5.74) is 1.80. The fourth-order valence-corrected chi connectivity index (χ4v) is 3.40. The Balaban J connectivity index is 1.65. The number of likely N-dealkylation sites (tertiary alicyclic amines) is 1. The van der Waals surface area contributed by atoms with Gasteiger partial charge in [0.15, 0.2) is 11.4 Å². The van der Waals surface area contributed by atoms with Crippen LogP contribution in [0.3, 0.4) is 0 Å². The number of piperidine rings is 1. The van der Waals surface area contributed by atoms with Crippen LogP contribution >= 0.6 is 0 Å². The number of carbonyl (C=O) groups is 2. The standard InChI is InChI=1S/C18H27N7O2/c1-13-11-15(20-23(13)4)18(27)25-9-6-5-7-14(25)8-10-24-12-16(19-21-24)17(26)22(2)3/h11-12,14H,5-10H2,1-4H3. The molecule has 2 aromatic rings. The first-order valence-corrected chi connectivity index (χ1v) is 9.30. The van der Waals surface area contributed by atoms with Crippen molar-refractivity contribution < 1.29 is 9.59 Å². The van der Waals surface area contributed by atoms with Crippen molar-refractivity contribution in [2.24, 2.45) is 7.05 Å². The van der Waals surface area contributed by atoms with E-state index in [1.54, 1.807) is 29.7 Å². The molecule has 1 fully saturated rings. The van der Waals surface area contributed by atoms with Gasteiger partial charge in [-0.1, -0.05) is 5.21 Å². The molecule has 2 aromatic heterocycles. The van der Waals surface area contributed by atoms with Gasteiger partial charge in [0.1, 0.15) is 0 Å². The van der Waals surface area contributed by atoms with Crippen LogP contribution in [0.4, 0.5) is 0 Å². The second kappa shape index (κ2) is 7.89. The topological polar surface area (TPSA) is 89.2 Å². The first-order chi connectivity index (χ1) is 12.9. The normalized spacial score (nSPS) is 17.2. The van der Waals surface area contributed by atoms with E-state index in [0.29, 0.717) is 17.9 Å². The number of rotatable bonds is 5. The largest absolute Gasteiger partial charge is 0.343 e. The maximum Gasteiger partial charge on any atom is 0.275 e. The molecule has 1 unspecified atom stereocenters. The summed E-state index contributed by atoms with van der Waals surface area (Å²) in [7, 11) is 5.22. The Morgan fingerprint density at radius 3 is 2.70 bits per heavy atom. The van der Waals surface area contributed by atoms with Crippen LogP contribution in [-0.2, 0) is 13.6 Å². The lowest BCUT2D eigenvalue weighted by molar-refractivity contribution is 0.0586. The second-order valence-corrected chi connectivity index (χ2v) is 7.30. The molecule has 0 aliphatic carbocycles. The average Bonchev–Trinajstić information content (AvgIpc) is 3.26. The Morgan fingerprint density at radius 1 is 1.26 bits per heavy atom. The molecule has 3 rings (SSSR count). The molecule has 1 aliphatic heterocycles. The lowest BCUT2D eigenvalue weighted by Gasteiger charge is -2.35. The Hall–Kier alpha value is -2.71. The summed E-state index contributed by atoms with van der Waals surface area (Å²) in [6, 6.07) is 1.98. The van der Waals surface area contributed by atoms with Crippen molar-refractivity contribution in [3.8, 4) is 0 Å². The van der Waals surface area contributed by atoms with Gasteiger partial charge in [0, 0.05) is 46.0 Å². The van der Waals surface area contributed by atoms with Crippen molar-refractivity contribution in [3.05, 3.63) is 29.3 Å². The minimum Gasteiger partial charge on any atom is -0.343 e. The first kappa shape index (κ1) is 19.1. The van der Waals surface area contributed by atoms with Gasteiger partial charge in [0.25, 0.3) is 11.8 Å². The molecule has 0 spiro atoms. The molecule has 1 saturated heterocycles. The molecule has 2 amide bonds. The summed E-state index contributed by atoms with van der Waals surface area (Å²) in [5.74, 6) is -0.174. The molecule has 9 heteroatoms. The number of amides is 2. The van der Waals surface area contributed by atoms with Gasteiger partial charge in [0.05, 0.1) is 6.20 Å². The molecule has 3 heterocycles. The third-order valence-corrected chi connectivity index (χ3v) is 5.08. The quantitative estimate of drug-likeness (QED) is 0.783. The summed E-state index contributed by atoms with van der Waals surface area (Å²) in [4.78, 5) is 28.3. The smallest absolute Gasteiger partial charge is 0.275 e. The molecule has 1 atom stereocenters. The summed E-state index contributed by atoms with van der Waals surface area (Å²) < 4.78 is 3.41. The molecule has 0 N–H and O–H groups in total. The Morgan fingerprint density at radius 2 is 2.04 bits per heavy atom. The Bertz CT molecular complexity index is 804. The van der Waals surface area contributed by atoms with E-state index in [9.17, 15) is 9.59 Å². The van der Waals surface area contributed by atoms with E-state index in [1.165, 1.54) is 4.90 Å².